The maximum atomic E-state index is 4.50. The third-order valence-corrected chi connectivity index (χ3v) is 4.04. The van der Waals surface area contributed by atoms with Crippen LogP contribution < -0.4 is 5.32 Å². The second-order valence-corrected chi connectivity index (χ2v) is 5.16. The summed E-state index contributed by atoms with van der Waals surface area (Å²) in [6.45, 7) is 6.35. The van der Waals surface area contributed by atoms with E-state index in [2.05, 4.69) is 52.2 Å². The van der Waals surface area contributed by atoms with Gasteiger partial charge in [0.2, 0.25) is 0 Å². The number of rotatable bonds is 4. The van der Waals surface area contributed by atoms with Crippen LogP contribution in [0, 0.1) is 0 Å². The van der Waals surface area contributed by atoms with Crippen LogP contribution in [-0.4, -0.2) is 18.9 Å². The fourth-order valence-corrected chi connectivity index (χ4v) is 3.03. The number of benzene rings is 1. The second kappa shape index (κ2) is 5.67. The topological polar surface area (TPSA) is 24.4 Å². The summed E-state index contributed by atoms with van der Waals surface area (Å²) in [7, 11) is 0. The van der Waals surface area contributed by atoms with Gasteiger partial charge in [-0.05, 0) is 35.6 Å². The quantitative estimate of drug-likeness (QED) is 0.907. The number of hydrogen-bond acceptors (Lipinski definition) is 2. The molecule has 0 atom stereocenters. The Balaban J connectivity index is 2.37. The fraction of sp³-hybridized carbons (Fsp3) is 0.500. The fourth-order valence-electron chi connectivity index (χ4n) is 2.38. The van der Waals surface area contributed by atoms with Crippen LogP contribution in [0.4, 0.5) is 0 Å². The van der Waals surface area contributed by atoms with Gasteiger partial charge in [0.05, 0.1) is 6.54 Å². The molecule has 3 heteroatoms. The van der Waals surface area contributed by atoms with E-state index in [1.807, 2.05) is 0 Å². The Bertz CT molecular complexity index is 438. The van der Waals surface area contributed by atoms with Crippen molar-refractivity contribution in [1.82, 2.24) is 5.32 Å². The highest BCUT2D eigenvalue weighted by Gasteiger charge is 2.14. The molecule has 1 aromatic rings. The molecule has 1 aliphatic rings. The Hall–Kier alpha value is -0.830. The summed E-state index contributed by atoms with van der Waals surface area (Å²) in [6.07, 6.45) is 3.10. The van der Waals surface area contributed by atoms with E-state index in [4.69, 9.17) is 0 Å². The van der Waals surface area contributed by atoms with E-state index < -0.39 is 0 Å². The monoisotopic (exact) mass is 294 g/mol. The molecule has 17 heavy (non-hydrogen) atoms. The van der Waals surface area contributed by atoms with Gasteiger partial charge in [0.15, 0.2) is 0 Å². The smallest absolute Gasteiger partial charge is 0.101 e. The molecule has 0 radical (unpaired) electrons. The summed E-state index contributed by atoms with van der Waals surface area (Å²) in [5, 5.41) is 3.36. The average molecular weight is 295 g/mol. The molecule has 0 fully saturated rings. The number of halogens is 1. The van der Waals surface area contributed by atoms with E-state index in [-0.39, 0.29) is 0 Å². The highest BCUT2D eigenvalue weighted by atomic mass is 79.9. The van der Waals surface area contributed by atoms with Crippen LogP contribution >= 0.6 is 15.9 Å². The summed E-state index contributed by atoms with van der Waals surface area (Å²) in [6, 6.07) is 4.40. The average Bonchev–Trinajstić information content (AvgIpc) is 2.83. The second-order valence-electron chi connectivity index (χ2n) is 4.30. The van der Waals surface area contributed by atoms with E-state index in [1.54, 1.807) is 0 Å². The van der Waals surface area contributed by atoms with Crippen molar-refractivity contribution in [2.75, 3.05) is 13.1 Å². The van der Waals surface area contributed by atoms with Gasteiger partial charge in [0, 0.05) is 17.4 Å². The molecule has 0 amide bonds. The van der Waals surface area contributed by atoms with Crippen molar-refractivity contribution in [3.05, 3.63) is 33.3 Å². The predicted octanol–water partition coefficient (Wildman–Crippen LogP) is 3.12. The van der Waals surface area contributed by atoms with Crippen LogP contribution in [0.15, 0.2) is 21.6 Å². The molecule has 2 nitrogen and oxygen atoms in total. The lowest BCUT2D eigenvalue weighted by atomic mass is 9.95. The number of aryl methyl sites for hydroxylation is 1. The Labute approximate surface area is 112 Å². The maximum Gasteiger partial charge on any atom is 0.101 e. The van der Waals surface area contributed by atoms with Crippen molar-refractivity contribution in [2.45, 2.75) is 33.1 Å². The molecule has 1 aliphatic heterocycles. The Morgan fingerprint density at radius 3 is 2.65 bits per heavy atom. The van der Waals surface area contributed by atoms with E-state index in [0.29, 0.717) is 0 Å². The Kier molecular flexibility index (Phi) is 4.21. The summed E-state index contributed by atoms with van der Waals surface area (Å²) in [5.74, 6) is 1.15. The van der Waals surface area contributed by atoms with Crippen LogP contribution in [-0.2, 0) is 19.3 Å². The van der Waals surface area contributed by atoms with Gasteiger partial charge >= 0.3 is 0 Å². The minimum atomic E-state index is 0.923. The highest BCUT2D eigenvalue weighted by molar-refractivity contribution is 9.10. The van der Waals surface area contributed by atoms with Crippen molar-refractivity contribution in [3.8, 4) is 0 Å². The largest absolute Gasteiger partial charge is 0.372 e. The van der Waals surface area contributed by atoms with Crippen molar-refractivity contribution in [2.24, 2.45) is 4.99 Å². The normalized spacial score (nSPS) is 14.6. The van der Waals surface area contributed by atoms with Crippen LogP contribution in [0.1, 0.15) is 30.5 Å². The molecular weight excluding hydrogens is 276 g/mol. The SMILES string of the molecule is CCc1ccc(Br)c(CC)c1CC1=NCCN1. The molecule has 0 aromatic heterocycles. The standard InChI is InChI=1S/C14H19BrN2/c1-3-10-5-6-13(15)11(4-2)12(10)9-14-16-7-8-17-14/h5-6H,3-4,7-9H2,1-2H3,(H,16,17). The zero-order valence-corrected chi connectivity index (χ0v) is 12.1. The van der Waals surface area contributed by atoms with Crippen LogP contribution in [0.3, 0.4) is 0 Å². The third kappa shape index (κ3) is 2.71. The molecule has 2 rings (SSSR count). The lowest BCUT2D eigenvalue weighted by molar-refractivity contribution is 0.947. The van der Waals surface area contributed by atoms with Gasteiger partial charge in [-0.2, -0.15) is 0 Å². The predicted molar refractivity (Wildman–Crippen MR) is 76.9 cm³/mol. The van der Waals surface area contributed by atoms with Gasteiger partial charge in [-0.15, -0.1) is 0 Å². The molecule has 0 unspecified atom stereocenters. The van der Waals surface area contributed by atoms with Crippen molar-refractivity contribution < 1.29 is 0 Å². The summed E-state index contributed by atoms with van der Waals surface area (Å²) in [4.78, 5) is 4.50. The molecule has 0 bridgehead atoms. The van der Waals surface area contributed by atoms with E-state index in [1.165, 1.54) is 21.2 Å². The molecule has 1 heterocycles. The van der Waals surface area contributed by atoms with E-state index >= 15 is 0 Å². The number of amidine groups is 1. The Morgan fingerprint density at radius 2 is 2.06 bits per heavy atom. The minimum Gasteiger partial charge on any atom is -0.372 e. The first-order valence-corrected chi connectivity index (χ1v) is 7.11. The van der Waals surface area contributed by atoms with Crippen molar-refractivity contribution in [3.63, 3.8) is 0 Å². The van der Waals surface area contributed by atoms with Crippen LogP contribution in [0.2, 0.25) is 0 Å². The zero-order chi connectivity index (χ0) is 12.3. The maximum absolute atomic E-state index is 4.50. The van der Waals surface area contributed by atoms with Gasteiger partial charge in [-0.25, -0.2) is 0 Å². The van der Waals surface area contributed by atoms with Crippen LogP contribution in [0.25, 0.3) is 0 Å². The first-order valence-electron chi connectivity index (χ1n) is 6.32. The first-order chi connectivity index (χ1) is 8.26. The van der Waals surface area contributed by atoms with Gasteiger partial charge < -0.3 is 5.32 Å². The molecule has 1 aromatic carbocycles. The number of aliphatic imine (C=N–C) groups is 1. The number of nitrogens with one attached hydrogen (secondary N) is 1. The van der Waals surface area contributed by atoms with Gasteiger partial charge in [-0.1, -0.05) is 35.8 Å². The molecule has 0 spiro atoms. The van der Waals surface area contributed by atoms with Gasteiger partial charge in [-0.3, -0.25) is 4.99 Å². The number of hydrogen-bond donors (Lipinski definition) is 1. The van der Waals surface area contributed by atoms with Crippen molar-refractivity contribution >= 4 is 21.8 Å². The van der Waals surface area contributed by atoms with Gasteiger partial charge in [0.1, 0.15) is 5.84 Å². The zero-order valence-electron chi connectivity index (χ0n) is 10.5. The van der Waals surface area contributed by atoms with Crippen molar-refractivity contribution in [1.29, 1.82) is 0 Å². The van der Waals surface area contributed by atoms with Crippen LogP contribution in [0.5, 0.6) is 0 Å². The van der Waals surface area contributed by atoms with E-state index in [0.717, 1.165) is 38.2 Å². The molecule has 0 aliphatic carbocycles. The third-order valence-electron chi connectivity index (χ3n) is 3.29. The van der Waals surface area contributed by atoms with Gasteiger partial charge in [0.25, 0.3) is 0 Å². The molecular formula is C14H19BrN2. The Morgan fingerprint density at radius 1 is 1.24 bits per heavy atom. The van der Waals surface area contributed by atoms with E-state index in [9.17, 15) is 0 Å². The lowest BCUT2D eigenvalue weighted by Gasteiger charge is -2.15. The molecule has 1 N–H and O–H groups in total. The summed E-state index contributed by atoms with van der Waals surface area (Å²) < 4.78 is 1.23. The lowest BCUT2D eigenvalue weighted by Crippen LogP contribution is -2.22. The number of nitrogens with zero attached hydrogens (tertiary/aromatic N) is 1. The summed E-state index contributed by atoms with van der Waals surface area (Å²) in [5.41, 5.74) is 4.33. The first kappa shape index (κ1) is 12.6. The molecule has 92 valence electrons. The highest BCUT2D eigenvalue weighted by Crippen LogP contribution is 2.26. The summed E-state index contributed by atoms with van der Waals surface area (Å²) >= 11 is 3.66. The molecule has 0 saturated heterocycles. The minimum absolute atomic E-state index is 0.923. The molecule has 0 saturated carbocycles.